The summed E-state index contributed by atoms with van der Waals surface area (Å²) < 4.78 is 0. The maximum Gasteiger partial charge on any atom is 0.225 e. The highest BCUT2D eigenvalue weighted by atomic mass is 16.3. The topological polar surface area (TPSA) is 60.8 Å². The number of likely N-dealkylation sites (N-methyl/N-ethyl adjacent to an activating group) is 1. The summed E-state index contributed by atoms with van der Waals surface area (Å²) in [5, 5.41) is 17.6. The molecule has 1 amide bonds. The Morgan fingerprint density at radius 1 is 1.67 bits per heavy atom. The van der Waals surface area contributed by atoms with Crippen molar-refractivity contribution >= 4 is 5.91 Å². The molecule has 0 saturated heterocycles. The van der Waals surface area contributed by atoms with Crippen LogP contribution < -0.4 is 0 Å². The first-order chi connectivity index (χ1) is 5.65. The summed E-state index contributed by atoms with van der Waals surface area (Å²) in [6.45, 7) is -0.0614. The SMILES string of the molecule is CN(CC(O)CO)C(=O)C1CC1. The predicted molar refractivity (Wildman–Crippen MR) is 43.5 cm³/mol. The van der Waals surface area contributed by atoms with Gasteiger partial charge in [0.15, 0.2) is 0 Å². The Hall–Kier alpha value is -0.610. The molecule has 0 aromatic rings. The zero-order chi connectivity index (χ0) is 9.14. The number of aliphatic hydroxyl groups excluding tert-OH is 2. The van der Waals surface area contributed by atoms with Crippen LogP contribution in [0, 0.1) is 5.92 Å². The van der Waals surface area contributed by atoms with E-state index in [0.717, 1.165) is 12.8 Å². The van der Waals surface area contributed by atoms with Gasteiger partial charge in [0.05, 0.1) is 12.7 Å². The Labute approximate surface area is 71.8 Å². The molecule has 1 unspecified atom stereocenters. The van der Waals surface area contributed by atoms with Crippen LogP contribution in [-0.4, -0.2) is 47.3 Å². The maximum atomic E-state index is 11.3. The van der Waals surface area contributed by atoms with Crippen molar-refractivity contribution in [1.82, 2.24) is 4.90 Å². The van der Waals surface area contributed by atoms with Gasteiger partial charge in [0, 0.05) is 19.5 Å². The first kappa shape index (κ1) is 9.48. The van der Waals surface area contributed by atoms with Crippen molar-refractivity contribution < 1.29 is 15.0 Å². The van der Waals surface area contributed by atoms with Crippen molar-refractivity contribution in [2.45, 2.75) is 18.9 Å². The lowest BCUT2D eigenvalue weighted by atomic mass is 10.3. The molecule has 1 fully saturated rings. The molecule has 0 spiro atoms. The third-order valence-corrected chi connectivity index (χ3v) is 2.00. The van der Waals surface area contributed by atoms with E-state index in [9.17, 15) is 4.79 Å². The second-order valence-electron chi connectivity index (χ2n) is 3.33. The van der Waals surface area contributed by atoms with Gasteiger partial charge in [-0.3, -0.25) is 4.79 Å². The zero-order valence-corrected chi connectivity index (χ0v) is 7.23. The second-order valence-corrected chi connectivity index (χ2v) is 3.33. The van der Waals surface area contributed by atoms with Gasteiger partial charge in [0.2, 0.25) is 5.91 Å². The maximum absolute atomic E-state index is 11.3. The molecule has 70 valence electrons. The van der Waals surface area contributed by atoms with Crippen LogP contribution in [0.4, 0.5) is 0 Å². The first-order valence-electron chi connectivity index (χ1n) is 4.19. The highest BCUT2D eigenvalue weighted by Crippen LogP contribution is 2.30. The summed E-state index contributed by atoms with van der Waals surface area (Å²) in [5.41, 5.74) is 0. The molecule has 1 atom stereocenters. The molecule has 1 aliphatic rings. The van der Waals surface area contributed by atoms with Crippen LogP contribution in [0.1, 0.15) is 12.8 Å². The van der Waals surface area contributed by atoms with Gasteiger partial charge in [-0.1, -0.05) is 0 Å². The molecule has 1 rings (SSSR count). The number of hydrogen-bond donors (Lipinski definition) is 2. The molecule has 4 nitrogen and oxygen atoms in total. The van der Waals surface area contributed by atoms with Crippen molar-refractivity contribution in [3.63, 3.8) is 0 Å². The highest BCUT2D eigenvalue weighted by Gasteiger charge is 2.32. The van der Waals surface area contributed by atoms with Crippen molar-refractivity contribution in [3.05, 3.63) is 0 Å². The summed E-state index contributed by atoms with van der Waals surface area (Å²) in [5.74, 6) is 0.267. The monoisotopic (exact) mass is 173 g/mol. The van der Waals surface area contributed by atoms with E-state index in [4.69, 9.17) is 10.2 Å². The fraction of sp³-hybridized carbons (Fsp3) is 0.875. The molecule has 4 heteroatoms. The van der Waals surface area contributed by atoms with Crippen LogP contribution in [0.25, 0.3) is 0 Å². The minimum Gasteiger partial charge on any atom is -0.394 e. The predicted octanol–water partition coefficient (Wildman–Crippen LogP) is -0.792. The Balaban J connectivity index is 2.26. The molecule has 2 N–H and O–H groups in total. The van der Waals surface area contributed by atoms with Gasteiger partial charge in [-0.2, -0.15) is 0 Å². The average molecular weight is 173 g/mol. The number of carbonyl (C=O) groups is 1. The average Bonchev–Trinajstić information content (AvgIpc) is 2.85. The van der Waals surface area contributed by atoms with Crippen LogP contribution >= 0.6 is 0 Å². The summed E-state index contributed by atoms with van der Waals surface area (Å²) in [7, 11) is 1.65. The molecule has 0 heterocycles. The summed E-state index contributed by atoms with van der Waals surface area (Å²) in [6.07, 6.45) is 1.13. The van der Waals surface area contributed by atoms with Crippen LogP contribution in [0.3, 0.4) is 0 Å². The van der Waals surface area contributed by atoms with Crippen molar-refractivity contribution in [2.24, 2.45) is 5.92 Å². The number of rotatable bonds is 4. The molecular weight excluding hydrogens is 158 g/mol. The van der Waals surface area contributed by atoms with E-state index in [2.05, 4.69) is 0 Å². The molecule has 0 bridgehead atoms. The molecule has 0 aliphatic heterocycles. The number of amides is 1. The van der Waals surface area contributed by atoms with Crippen LogP contribution in [0.15, 0.2) is 0 Å². The lowest BCUT2D eigenvalue weighted by Crippen LogP contribution is -2.36. The minimum atomic E-state index is -0.808. The van der Waals surface area contributed by atoms with Crippen molar-refractivity contribution in [2.75, 3.05) is 20.2 Å². The van der Waals surface area contributed by atoms with Crippen molar-refractivity contribution in [3.8, 4) is 0 Å². The summed E-state index contributed by atoms with van der Waals surface area (Å²) >= 11 is 0. The van der Waals surface area contributed by atoms with E-state index in [1.807, 2.05) is 0 Å². The third kappa shape index (κ3) is 2.46. The smallest absolute Gasteiger partial charge is 0.225 e. The summed E-state index contributed by atoms with van der Waals surface area (Å²) in [4.78, 5) is 12.8. The van der Waals surface area contributed by atoms with Crippen LogP contribution in [0.2, 0.25) is 0 Å². The molecule has 0 aromatic carbocycles. The van der Waals surface area contributed by atoms with Gasteiger partial charge in [-0.15, -0.1) is 0 Å². The van der Waals surface area contributed by atoms with E-state index in [0.29, 0.717) is 0 Å². The van der Waals surface area contributed by atoms with E-state index in [1.54, 1.807) is 7.05 Å². The molecule has 1 saturated carbocycles. The van der Waals surface area contributed by atoms with Gasteiger partial charge in [0.25, 0.3) is 0 Å². The molecule has 0 radical (unpaired) electrons. The molecular formula is C8H15NO3. The zero-order valence-electron chi connectivity index (χ0n) is 7.23. The summed E-state index contributed by atoms with van der Waals surface area (Å²) in [6, 6.07) is 0. The van der Waals surface area contributed by atoms with Gasteiger partial charge in [-0.25, -0.2) is 0 Å². The fourth-order valence-electron chi connectivity index (χ4n) is 1.11. The second kappa shape index (κ2) is 3.87. The third-order valence-electron chi connectivity index (χ3n) is 2.00. The molecule has 0 aromatic heterocycles. The Bertz CT molecular complexity index is 168. The number of carbonyl (C=O) groups excluding carboxylic acids is 1. The van der Waals surface area contributed by atoms with E-state index >= 15 is 0 Å². The Morgan fingerprint density at radius 3 is 2.67 bits per heavy atom. The van der Waals surface area contributed by atoms with E-state index < -0.39 is 6.10 Å². The van der Waals surface area contributed by atoms with Gasteiger partial charge >= 0.3 is 0 Å². The van der Waals surface area contributed by atoms with Crippen LogP contribution in [0.5, 0.6) is 0 Å². The number of aliphatic hydroxyl groups is 2. The normalized spacial score (nSPS) is 18.9. The largest absolute Gasteiger partial charge is 0.394 e. The minimum absolute atomic E-state index is 0.0856. The Kier molecular flexibility index (Phi) is 3.05. The van der Waals surface area contributed by atoms with E-state index in [-0.39, 0.29) is 25.0 Å². The fourth-order valence-corrected chi connectivity index (χ4v) is 1.11. The van der Waals surface area contributed by atoms with Gasteiger partial charge in [-0.05, 0) is 12.8 Å². The van der Waals surface area contributed by atoms with Gasteiger partial charge in [0.1, 0.15) is 0 Å². The highest BCUT2D eigenvalue weighted by molar-refractivity contribution is 5.80. The number of hydrogen-bond acceptors (Lipinski definition) is 3. The Morgan fingerprint density at radius 2 is 2.25 bits per heavy atom. The number of nitrogens with zero attached hydrogens (tertiary/aromatic N) is 1. The molecule has 12 heavy (non-hydrogen) atoms. The van der Waals surface area contributed by atoms with Gasteiger partial charge < -0.3 is 15.1 Å². The van der Waals surface area contributed by atoms with Crippen LogP contribution in [-0.2, 0) is 4.79 Å². The lowest BCUT2D eigenvalue weighted by molar-refractivity contribution is -0.132. The quantitative estimate of drug-likeness (QED) is 0.585. The lowest BCUT2D eigenvalue weighted by Gasteiger charge is -2.19. The van der Waals surface area contributed by atoms with Crippen molar-refractivity contribution in [1.29, 1.82) is 0 Å². The van der Waals surface area contributed by atoms with E-state index in [1.165, 1.54) is 4.90 Å². The standard InChI is InChI=1S/C8H15NO3/c1-9(4-7(11)5-10)8(12)6-2-3-6/h6-7,10-11H,2-5H2,1H3. The molecule has 1 aliphatic carbocycles. The first-order valence-corrected chi connectivity index (χ1v) is 4.19.